The second-order valence-electron chi connectivity index (χ2n) is 4.31. The number of aromatic carboxylic acids is 1. The maximum atomic E-state index is 13.1. The van der Waals surface area contributed by atoms with Gasteiger partial charge in [0.1, 0.15) is 0 Å². The van der Waals surface area contributed by atoms with Gasteiger partial charge < -0.3 is 10.4 Å². The number of carbonyl (C=O) groups excluding carboxylic acids is 1. The number of benzene rings is 1. The highest BCUT2D eigenvalue weighted by molar-refractivity contribution is 6.04. The molecule has 1 amide bonds. The highest BCUT2D eigenvalue weighted by Gasteiger charge is 2.31. The van der Waals surface area contributed by atoms with Crippen molar-refractivity contribution in [3.05, 3.63) is 34.9 Å². The summed E-state index contributed by atoms with van der Waals surface area (Å²) in [4.78, 5) is 22.6. The van der Waals surface area contributed by atoms with Crippen molar-refractivity contribution in [2.45, 2.75) is 25.6 Å². The van der Waals surface area contributed by atoms with Crippen LogP contribution in [0.3, 0.4) is 0 Å². The first-order valence-electron chi connectivity index (χ1n) is 5.61. The van der Waals surface area contributed by atoms with Gasteiger partial charge in [-0.05, 0) is 19.1 Å². The largest absolute Gasteiger partial charge is 0.478 e. The zero-order valence-corrected chi connectivity index (χ0v) is 10.6. The Balaban J connectivity index is 3.02. The minimum Gasteiger partial charge on any atom is -0.478 e. The van der Waals surface area contributed by atoms with E-state index in [4.69, 9.17) is 5.11 Å². The molecule has 0 bridgehead atoms. The molecule has 21 heavy (non-hydrogen) atoms. The molecule has 0 aliphatic rings. The predicted molar refractivity (Wildman–Crippen MR) is 60.9 cm³/mol. The van der Waals surface area contributed by atoms with Crippen molar-refractivity contribution in [1.29, 1.82) is 0 Å². The Morgan fingerprint density at radius 2 is 1.67 bits per heavy atom. The van der Waals surface area contributed by atoms with Gasteiger partial charge in [-0.15, -0.1) is 0 Å². The Labute approximate surface area is 115 Å². The number of carbonyl (C=O) groups is 2. The van der Waals surface area contributed by atoms with E-state index in [0.717, 1.165) is 6.92 Å². The molecule has 1 atom stereocenters. The summed E-state index contributed by atoms with van der Waals surface area (Å²) in [5.74, 6) is -5.90. The van der Waals surface area contributed by atoms with Crippen molar-refractivity contribution in [3.8, 4) is 0 Å². The molecule has 0 aromatic heterocycles. The summed E-state index contributed by atoms with van der Waals surface area (Å²) in [6.45, 7) is 1.05. The molecule has 1 aromatic rings. The lowest BCUT2D eigenvalue weighted by Crippen LogP contribution is -2.36. The quantitative estimate of drug-likeness (QED) is 0.840. The Hall–Kier alpha value is -2.19. The highest BCUT2D eigenvalue weighted by atomic mass is 19.4. The Morgan fingerprint density at radius 1 is 1.19 bits per heavy atom. The molecule has 0 spiro atoms. The summed E-state index contributed by atoms with van der Waals surface area (Å²) in [6.07, 6.45) is -5.87. The number of carboxylic acid groups (broad SMARTS) is 1. The van der Waals surface area contributed by atoms with E-state index in [-0.39, 0.29) is 0 Å². The molecule has 0 radical (unpaired) electrons. The van der Waals surface area contributed by atoms with Gasteiger partial charge >= 0.3 is 12.1 Å². The van der Waals surface area contributed by atoms with Crippen molar-refractivity contribution in [2.24, 2.45) is 0 Å². The first-order valence-corrected chi connectivity index (χ1v) is 5.61. The van der Waals surface area contributed by atoms with Crippen LogP contribution in [-0.4, -0.2) is 29.2 Å². The smallest absolute Gasteiger partial charge is 0.391 e. The molecule has 0 aliphatic carbocycles. The minimum absolute atomic E-state index is 0.293. The fourth-order valence-corrected chi connectivity index (χ4v) is 1.61. The average Bonchev–Trinajstić information content (AvgIpc) is 2.28. The van der Waals surface area contributed by atoms with Gasteiger partial charge in [0.2, 0.25) is 0 Å². The number of hydrogen-bond donors (Lipinski definition) is 2. The summed E-state index contributed by atoms with van der Waals surface area (Å²) in [5.41, 5.74) is -1.60. The molecule has 0 saturated carbocycles. The van der Waals surface area contributed by atoms with Crippen LogP contribution in [0.1, 0.15) is 34.1 Å². The van der Waals surface area contributed by atoms with E-state index >= 15 is 0 Å². The average molecular weight is 311 g/mol. The molecule has 0 heterocycles. The fraction of sp³-hybridized carbons (Fsp3) is 0.333. The van der Waals surface area contributed by atoms with Gasteiger partial charge in [0.25, 0.3) is 5.91 Å². The van der Waals surface area contributed by atoms with E-state index in [0.29, 0.717) is 12.1 Å². The SMILES string of the molecule is CC(CC(F)(F)F)NC(=O)c1cc(F)c(F)cc1C(=O)O. The zero-order valence-electron chi connectivity index (χ0n) is 10.6. The second-order valence-corrected chi connectivity index (χ2v) is 4.31. The maximum absolute atomic E-state index is 13.1. The monoisotopic (exact) mass is 311 g/mol. The van der Waals surface area contributed by atoms with Gasteiger partial charge in [-0.25, -0.2) is 13.6 Å². The van der Waals surface area contributed by atoms with Crippen molar-refractivity contribution in [1.82, 2.24) is 5.32 Å². The summed E-state index contributed by atoms with van der Waals surface area (Å²) < 4.78 is 62.4. The van der Waals surface area contributed by atoms with Crippen molar-refractivity contribution in [3.63, 3.8) is 0 Å². The van der Waals surface area contributed by atoms with Gasteiger partial charge in [0, 0.05) is 6.04 Å². The van der Waals surface area contributed by atoms with Crippen LogP contribution in [0.4, 0.5) is 22.0 Å². The van der Waals surface area contributed by atoms with Gasteiger partial charge in [-0.2, -0.15) is 13.2 Å². The van der Waals surface area contributed by atoms with Crippen LogP contribution in [0.5, 0.6) is 0 Å². The number of alkyl halides is 3. The van der Waals surface area contributed by atoms with Crippen LogP contribution < -0.4 is 5.32 Å². The molecule has 1 aromatic carbocycles. The van der Waals surface area contributed by atoms with E-state index < -0.39 is 53.3 Å². The third-order valence-corrected chi connectivity index (χ3v) is 2.45. The minimum atomic E-state index is -4.53. The van der Waals surface area contributed by atoms with E-state index in [2.05, 4.69) is 0 Å². The normalized spacial score (nSPS) is 12.9. The summed E-state index contributed by atoms with van der Waals surface area (Å²) in [5, 5.41) is 10.7. The molecule has 0 aliphatic heterocycles. The standard InChI is InChI=1S/C12H10F5NO3/c1-5(4-12(15,16)17)18-10(19)6-2-8(13)9(14)3-7(6)11(20)21/h2-3,5H,4H2,1H3,(H,18,19)(H,20,21). The topological polar surface area (TPSA) is 66.4 Å². The third kappa shape index (κ3) is 4.69. The molecule has 1 unspecified atom stereocenters. The van der Waals surface area contributed by atoms with Gasteiger partial charge in [-0.1, -0.05) is 0 Å². The van der Waals surface area contributed by atoms with Crippen molar-refractivity contribution < 1.29 is 36.6 Å². The van der Waals surface area contributed by atoms with Crippen LogP contribution >= 0.6 is 0 Å². The molecule has 4 nitrogen and oxygen atoms in total. The fourth-order valence-electron chi connectivity index (χ4n) is 1.61. The van der Waals surface area contributed by atoms with E-state index in [9.17, 15) is 31.5 Å². The molecule has 9 heteroatoms. The predicted octanol–water partition coefficient (Wildman–Crippen LogP) is 2.73. The molecule has 0 fully saturated rings. The molecule has 116 valence electrons. The molecule has 2 N–H and O–H groups in total. The van der Waals surface area contributed by atoms with Crippen LogP contribution in [0.2, 0.25) is 0 Å². The van der Waals surface area contributed by atoms with E-state index in [1.807, 2.05) is 5.32 Å². The second kappa shape index (κ2) is 6.06. The van der Waals surface area contributed by atoms with Crippen molar-refractivity contribution in [2.75, 3.05) is 0 Å². The Morgan fingerprint density at radius 3 is 2.10 bits per heavy atom. The van der Waals surface area contributed by atoms with E-state index in [1.165, 1.54) is 0 Å². The lowest BCUT2D eigenvalue weighted by molar-refractivity contribution is -0.138. The number of amides is 1. The van der Waals surface area contributed by atoms with Gasteiger partial charge in [-0.3, -0.25) is 4.79 Å². The zero-order chi connectivity index (χ0) is 16.4. The number of halogens is 5. The molecular weight excluding hydrogens is 301 g/mol. The van der Waals surface area contributed by atoms with Crippen LogP contribution in [0.25, 0.3) is 0 Å². The van der Waals surface area contributed by atoms with Crippen LogP contribution in [-0.2, 0) is 0 Å². The summed E-state index contributed by atoms with van der Waals surface area (Å²) >= 11 is 0. The number of nitrogens with one attached hydrogen (secondary N) is 1. The Bertz CT molecular complexity index is 571. The molecular formula is C12H10F5NO3. The van der Waals surface area contributed by atoms with E-state index in [1.54, 1.807) is 0 Å². The van der Waals surface area contributed by atoms with Gasteiger partial charge in [0.15, 0.2) is 11.6 Å². The van der Waals surface area contributed by atoms with Crippen molar-refractivity contribution >= 4 is 11.9 Å². The molecule has 0 saturated heterocycles. The summed E-state index contributed by atoms with van der Waals surface area (Å²) in [7, 11) is 0. The highest BCUT2D eigenvalue weighted by Crippen LogP contribution is 2.22. The first kappa shape index (κ1) is 16.9. The van der Waals surface area contributed by atoms with Gasteiger partial charge in [0.05, 0.1) is 17.5 Å². The lowest BCUT2D eigenvalue weighted by Gasteiger charge is -2.16. The first-order chi connectivity index (χ1) is 9.51. The number of carboxylic acids is 1. The van der Waals surface area contributed by atoms with Crippen LogP contribution in [0, 0.1) is 11.6 Å². The van der Waals surface area contributed by atoms with Crippen LogP contribution in [0.15, 0.2) is 12.1 Å². The Kier molecular flexibility index (Phi) is 4.87. The number of rotatable bonds is 4. The maximum Gasteiger partial charge on any atom is 0.391 e. The molecule has 1 rings (SSSR count). The summed E-state index contributed by atoms with van der Waals surface area (Å²) in [6, 6.07) is -0.734. The lowest BCUT2D eigenvalue weighted by atomic mass is 10.1. The third-order valence-electron chi connectivity index (χ3n) is 2.45. The number of hydrogen-bond acceptors (Lipinski definition) is 2.